The smallest absolute Gasteiger partial charge is 0.248 e. The van der Waals surface area contributed by atoms with Crippen LogP contribution >= 0.6 is 0 Å². The Bertz CT molecular complexity index is 835. The summed E-state index contributed by atoms with van der Waals surface area (Å²) in [4.78, 5) is 21.1. The van der Waals surface area contributed by atoms with Gasteiger partial charge in [0.05, 0.1) is 13.1 Å². The Labute approximate surface area is 175 Å². The van der Waals surface area contributed by atoms with Gasteiger partial charge in [-0.2, -0.15) is 5.10 Å². The van der Waals surface area contributed by atoms with Crippen molar-refractivity contribution < 1.29 is 18.7 Å². The molecule has 30 heavy (non-hydrogen) atoms. The molecule has 0 saturated carbocycles. The summed E-state index contributed by atoms with van der Waals surface area (Å²) in [6, 6.07) is 6.13. The zero-order valence-corrected chi connectivity index (χ0v) is 17.2. The van der Waals surface area contributed by atoms with E-state index in [1.165, 1.54) is 12.1 Å². The number of amides is 1. The second-order valence-electron chi connectivity index (χ2n) is 7.74. The highest BCUT2D eigenvalue weighted by molar-refractivity contribution is 5.78. The molecule has 2 aliphatic heterocycles. The number of hydrogen-bond donors (Lipinski definition) is 0. The van der Waals surface area contributed by atoms with Crippen LogP contribution in [0.2, 0.25) is 0 Å². The van der Waals surface area contributed by atoms with E-state index in [0.717, 1.165) is 44.8 Å². The Morgan fingerprint density at radius 1 is 1.23 bits per heavy atom. The van der Waals surface area contributed by atoms with E-state index in [-0.39, 0.29) is 30.5 Å². The minimum absolute atomic E-state index is 0.0391. The van der Waals surface area contributed by atoms with Crippen molar-refractivity contribution in [2.75, 3.05) is 32.8 Å². The second-order valence-corrected chi connectivity index (χ2v) is 7.74. The topological polar surface area (TPSA) is 72.7 Å². The first-order valence-electron chi connectivity index (χ1n) is 10.5. The number of carbonyl (C=O) groups is 1. The third-order valence-electron chi connectivity index (χ3n) is 5.77. The molecule has 0 unspecified atom stereocenters. The first kappa shape index (κ1) is 20.7. The third kappa shape index (κ3) is 4.96. The number of carbonyl (C=O) groups excluding carboxylic acids is 1. The molecule has 0 spiro atoms. The normalized spacial score (nSPS) is 21.2. The first-order valence-corrected chi connectivity index (χ1v) is 10.5. The van der Waals surface area contributed by atoms with Crippen molar-refractivity contribution in [3.63, 3.8) is 0 Å². The molecule has 2 saturated heterocycles. The van der Waals surface area contributed by atoms with Crippen molar-refractivity contribution in [3.8, 4) is 5.75 Å². The number of morpholine rings is 1. The van der Waals surface area contributed by atoms with Gasteiger partial charge in [0.2, 0.25) is 5.91 Å². The van der Waals surface area contributed by atoms with Gasteiger partial charge >= 0.3 is 0 Å². The van der Waals surface area contributed by atoms with Gasteiger partial charge in [0.1, 0.15) is 43.0 Å². The molecule has 2 aromatic rings. The van der Waals surface area contributed by atoms with Crippen LogP contribution in [0.4, 0.5) is 4.39 Å². The van der Waals surface area contributed by atoms with Gasteiger partial charge in [0.15, 0.2) is 0 Å². The lowest BCUT2D eigenvalue weighted by Gasteiger charge is -2.42. The van der Waals surface area contributed by atoms with Crippen LogP contribution in [-0.4, -0.2) is 75.5 Å². The van der Waals surface area contributed by atoms with Crippen molar-refractivity contribution in [3.05, 3.63) is 42.2 Å². The minimum Gasteiger partial charge on any atom is -0.491 e. The fraction of sp³-hybridized carbons (Fsp3) is 0.571. The molecule has 4 rings (SSSR count). The molecule has 1 amide bonds. The Morgan fingerprint density at radius 2 is 2.00 bits per heavy atom. The molecular weight excluding hydrogens is 389 g/mol. The number of ether oxygens (including phenoxy) is 2. The van der Waals surface area contributed by atoms with E-state index in [2.05, 4.69) is 21.9 Å². The van der Waals surface area contributed by atoms with Gasteiger partial charge in [-0.15, -0.1) is 0 Å². The summed E-state index contributed by atoms with van der Waals surface area (Å²) in [5.41, 5.74) is 0. The molecular formula is C21H28FN5O3. The van der Waals surface area contributed by atoms with Crippen molar-refractivity contribution in [1.29, 1.82) is 0 Å². The number of aryl methyl sites for hydroxylation is 1. The summed E-state index contributed by atoms with van der Waals surface area (Å²) in [6.07, 6.45) is 3.27. The number of benzene rings is 1. The van der Waals surface area contributed by atoms with Crippen molar-refractivity contribution in [2.45, 2.75) is 45.0 Å². The average Bonchev–Trinajstić information content (AvgIpc) is 3.22. The van der Waals surface area contributed by atoms with Crippen LogP contribution in [0, 0.1) is 5.82 Å². The largest absolute Gasteiger partial charge is 0.491 e. The predicted octanol–water partition coefficient (Wildman–Crippen LogP) is 1.71. The van der Waals surface area contributed by atoms with Gasteiger partial charge in [0, 0.05) is 25.7 Å². The van der Waals surface area contributed by atoms with Crippen LogP contribution in [0.15, 0.2) is 30.6 Å². The van der Waals surface area contributed by atoms with E-state index >= 15 is 0 Å². The van der Waals surface area contributed by atoms with E-state index in [9.17, 15) is 9.18 Å². The number of piperidine rings is 1. The van der Waals surface area contributed by atoms with Crippen molar-refractivity contribution >= 4 is 5.91 Å². The quantitative estimate of drug-likeness (QED) is 0.683. The molecule has 0 bridgehead atoms. The number of rotatable bonds is 7. The molecule has 8 nitrogen and oxygen atoms in total. The van der Waals surface area contributed by atoms with Crippen molar-refractivity contribution in [2.24, 2.45) is 0 Å². The van der Waals surface area contributed by atoms with Gasteiger partial charge < -0.3 is 14.4 Å². The number of hydrogen-bond acceptors (Lipinski definition) is 6. The average molecular weight is 417 g/mol. The van der Waals surface area contributed by atoms with E-state index in [0.29, 0.717) is 18.9 Å². The Kier molecular flexibility index (Phi) is 6.59. The number of halogens is 1. The van der Waals surface area contributed by atoms with E-state index in [1.807, 2.05) is 9.58 Å². The Morgan fingerprint density at radius 3 is 2.73 bits per heavy atom. The maximum atomic E-state index is 13.0. The molecule has 0 aliphatic carbocycles. The highest BCUT2D eigenvalue weighted by Gasteiger charge is 2.34. The molecule has 1 aromatic heterocycles. The van der Waals surface area contributed by atoms with Crippen LogP contribution in [-0.2, 0) is 22.6 Å². The molecule has 3 heterocycles. The van der Waals surface area contributed by atoms with E-state index in [4.69, 9.17) is 9.47 Å². The lowest BCUT2D eigenvalue weighted by atomic mass is 10.0. The second kappa shape index (κ2) is 9.53. The van der Waals surface area contributed by atoms with Gasteiger partial charge in [-0.1, -0.05) is 0 Å². The molecule has 0 radical (unpaired) electrons. The fourth-order valence-electron chi connectivity index (χ4n) is 4.08. The summed E-state index contributed by atoms with van der Waals surface area (Å²) < 4.78 is 26.3. The van der Waals surface area contributed by atoms with Crippen LogP contribution < -0.4 is 4.74 Å². The fourth-order valence-corrected chi connectivity index (χ4v) is 4.08. The third-order valence-corrected chi connectivity index (χ3v) is 5.77. The van der Waals surface area contributed by atoms with Gasteiger partial charge in [0.25, 0.3) is 0 Å². The maximum Gasteiger partial charge on any atom is 0.248 e. The predicted molar refractivity (Wildman–Crippen MR) is 107 cm³/mol. The minimum atomic E-state index is -0.297. The van der Waals surface area contributed by atoms with Crippen LogP contribution in [0.5, 0.6) is 5.75 Å². The van der Waals surface area contributed by atoms with Crippen LogP contribution in [0.3, 0.4) is 0 Å². The molecule has 2 aliphatic rings. The van der Waals surface area contributed by atoms with Gasteiger partial charge in [-0.25, -0.2) is 14.1 Å². The summed E-state index contributed by atoms with van der Waals surface area (Å²) in [5, 5.41) is 4.23. The SMILES string of the molecule is CCn1ncnc1CN1CCC(N2C[C@H](COc3ccc(F)cc3)OCC2=O)CC1. The molecule has 1 aromatic carbocycles. The zero-order chi connectivity index (χ0) is 20.9. The van der Waals surface area contributed by atoms with E-state index < -0.39 is 0 Å². The summed E-state index contributed by atoms with van der Waals surface area (Å²) >= 11 is 0. The van der Waals surface area contributed by atoms with Crippen molar-refractivity contribution in [1.82, 2.24) is 24.6 Å². The first-order chi connectivity index (χ1) is 14.6. The Balaban J connectivity index is 1.27. The number of aromatic nitrogens is 3. The van der Waals surface area contributed by atoms with Crippen LogP contribution in [0.25, 0.3) is 0 Å². The standard InChI is InChI=1S/C21H28FN5O3/c1-2-27-20(23-15-24-27)12-25-9-7-17(8-10-25)26-11-19(30-14-21(26)28)13-29-18-5-3-16(22)4-6-18/h3-6,15,17,19H,2,7-14H2,1H3/t19-/m1/s1. The Hall–Kier alpha value is -2.52. The highest BCUT2D eigenvalue weighted by atomic mass is 19.1. The molecule has 0 N–H and O–H groups in total. The monoisotopic (exact) mass is 417 g/mol. The zero-order valence-electron chi connectivity index (χ0n) is 17.2. The number of nitrogens with zero attached hydrogens (tertiary/aromatic N) is 5. The molecule has 162 valence electrons. The van der Waals surface area contributed by atoms with Crippen LogP contribution in [0.1, 0.15) is 25.6 Å². The maximum absolute atomic E-state index is 13.0. The summed E-state index contributed by atoms with van der Waals surface area (Å²) in [5.74, 6) is 1.32. The molecule has 9 heteroatoms. The van der Waals surface area contributed by atoms with E-state index in [1.54, 1.807) is 18.5 Å². The summed E-state index contributed by atoms with van der Waals surface area (Å²) in [6.45, 7) is 6.43. The van der Waals surface area contributed by atoms with Gasteiger partial charge in [-0.3, -0.25) is 9.69 Å². The molecule has 2 fully saturated rings. The lowest BCUT2D eigenvalue weighted by Crippen LogP contribution is -2.55. The highest BCUT2D eigenvalue weighted by Crippen LogP contribution is 2.22. The molecule has 1 atom stereocenters. The summed E-state index contributed by atoms with van der Waals surface area (Å²) in [7, 11) is 0. The lowest BCUT2D eigenvalue weighted by molar-refractivity contribution is -0.155. The number of likely N-dealkylation sites (tertiary alicyclic amines) is 1. The van der Waals surface area contributed by atoms with Gasteiger partial charge in [-0.05, 0) is 44.0 Å².